The summed E-state index contributed by atoms with van der Waals surface area (Å²) in [4.78, 5) is 2.55. The van der Waals surface area contributed by atoms with E-state index in [1.54, 1.807) is 0 Å². The third-order valence-corrected chi connectivity index (χ3v) is 3.33. The minimum absolute atomic E-state index is 0.147. The highest BCUT2D eigenvalue weighted by atomic mass is 16.5. The summed E-state index contributed by atoms with van der Waals surface area (Å²) in [7, 11) is 0. The second kappa shape index (κ2) is 8.04. The van der Waals surface area contributed by atoms with E-state index in [0.29, 0.717) is 12.7 Å². The second-order valence-electron chi connectivity index (χ2n) is 4.99. The van der Waals surface area contributed by atoms with Crippen molar-refractivity contribution in [2.24, 2.45) is 5.92 Å². The van der Waals surface area contributed by atoms with E-state index in [-0.39, 0.29) is 6.61 Å². The molecular weight excluding hydrogens is 202 g/mol. The zero-order chi connectivity index (χ0) is 11.8. The number of piperidine rings is 1. The number of hydrogen-bond acceptors (Lipinski definition) is 3. The molecule has 0 spiro atoms. The fourth-order valence-electron chi connectivity index (χ4n) is 2.50. The zero-order valence-corrected chi connectivity index (χ0v) is 10.8. The first-order valence-electron chi connectivity index (χ1n) is 6.71. The van der Waals surface area contributed by atoms with Gasteiger partial charge in [-0.1, -0.05) is 20.3 Å². The molecule has 0 amide bonds. The number of hydrogen-bond donors (Lipinski definition) is 1. The van der Waals surface area contributed by atoms with Gasteiger partial charge in [-0.2, -0.15) is 0 Å². The van der Waals surface area contributed by atoms with Gasteiger partial charge in [0.2, 0.25) is 0 Å². The van der Waals surface area contributed by atoms with Crippen LogP contribution in [-0.4, -0.2) is 49.0 Å². The highest BCUT2D eigenvalue weighted by molar-refractivity contribution is 4.73. The monoisotopic (exact) mass is 229 g/mol. The number of rotatable bonds is 7. The minimum Gasteiger partial charge on any atom is -0.394 e. The van der Waals surface area contributed by atoms with Crippen molar-refractivity contribution in [3.05, 3.63) is 0 Å². The average Bonchev–Trinajstić information content (AvgIpc) is 2.28. The smallest absolute Gasteiger partial charge is 0.0701 e. The molecule has 0 aromatic heterocycles. The van der Waals surface area contributed by atoms with Gasteiger partial charge in [-0.15, -0.1) is 0 Å². The van der Waals surface area contributed by atoms with Crippen molar-refractivity contribution in [1.29, 1.82) is 0 Å². The molecule has 1 saturated heterocycles. The van der Waals surface area contributed by atoms with Crippen LogP contribution in [0.5, 0.6) is 0 Å². The number of aliphatic hydroxyl groups excluding tert-OH is 1. The summed E-state index contributed by atoms with van der Waals surface area (Å²) in [5, 5.41) is 8.69. The summed E-state index contributed by atoms with van der Waals surface area (Å²) in [6, 6.07) is 0. The lowest BCUT2D eigenvalue weighted by Gasteiger charge is -2.33. The van der Waals surface area contributed by atoms with Crippen LogP contribution in [0.4, 0.5) is 0 Å². The fraction of sp³-hybridized carbons (Fsp3) is 1.00. The van der Waals surface area contributed by atoms with E-state index in [9.17, 15) is 0 Å². The number of aliphatic hydroxyl groups is 1. The van der Waals surface area contributed by atoms with Crippen LogP contribution >= 0.6 is 0 Å². The van der Waals surface area contributed by atoms with Crippen LogP contribution in [0.3, 0.4) is 0 Å². The van der Waals surface area contributed by atoms with Crippen molar-refractivity contribution in [2.75, 3.05) is 32.8 Å². The van der Waals surface area contributed by atoms with Gasteiger partial charge in [0, 0.05) is 19.6 Å². The minimum atomic E-state index is 0.147. The molecule has 1 unspecified atom stereocenters. The van der Waals surface area contributed by atoms with E-state index in [1.165, 1.54) is 19.4 Å². The van der Waals surface area contributed by atoms with E-state index in [4.69, 9.17) is 9.84 Å². The molecule has 1 atom stereocenters. The lowest BCUT2D eigenvalue weighted by atomic mass is 10.0. The maximum absolute atomic E-state index is 8.69. The first kappa shape index (κ1) is 13.9. The second-order valence-corrected chi connectivity index (χ2v) is 4.99. The molecule has 0 aromatic carbocycles. The van der Waals surface area contributed by atoms with E-state index in [0.717, 1.165) is 31.8 Å². The zero-order valence-electron chi connectivity index (χ0n) is 10.8. The van der Waals surface area contributed by atoms with Crippen molar-refractivity contribution in [3.63, 3.8) is 0 Å². The van der Waals surface area contributed by atoms with E-state index < -0.39 is 0 Å². The fourth-order valence-corrected chi connectivity index (χ4v) is 2.50. The van der Waals surface area contributed by atoms with E-state index in [1.807, 2.05) is 0 Å². The quantitative estimate of drug-likeness (QED) is 0.723. The van der Waals surface area contributed by atoms with E-state index >= 15 is 0 Å². The predicted molar refractivity (Wildman–Crippen MR) is 66.6 cm³/mol. The topological polar surface area (TPSA) is 32.7 Å². The molecule has 0 bridgehead atoms. The van der Waals surface area contributed by atoms with Crippen molar-refractivity contribution in [2.45, 2.75) is 45.6 Å². The standard InChI is InChI=1S/C13H27NO2/c1-3-4-12(2)11-14-7-5-13(6-8-14)16-10-9-15/h12-13,15H,3-11H2,1-2H3. The molecule has 3 nitrogen and oxygen atoms in total. The van der Waals surface area contributed by atoms with Gasteiger partial charge >= 0.3 is 0 Å². The molecule has 16 heavy (non-hydrogen) atoms. The first-order valence-corrected chi connectivity index (χ1v) is 6.71. The van der Waals surface area contributed by atoms with Crippen LogP contribution in [0.25, 0.3) is 0 Å². The number of ether oxygens (including phenoxy) is 1. The summed E-state index contributed by atoms with van der Waals surface area (Å²) in [5.74, 6) is 0.819. The molecule has 1 fully saturated rings. The van der Waals surface area contributed by atoms with Crippen LogP contribution in [0, 0.1) is 5.92 Å². The Bertz CT molecular complexity index is 167. The maximum atomic E-state index is 8.69. The Kier molecular flexibility index (Phi) is 7.01. The van der Waals surface area contributed by atoms with Crippen LogP contribution in [0.15, 0.2) is 0 Å². The molecule has 0 aromatic rings. The molecule has 96 valence electrons. The Hall–Kier alpha value is -0.120. The molecule has 3 heteroatoms. The lowest BCUT2D eigenvalue weighted by Crippen LogP contribution is -2.39. The summed E-state index contributed by atoms with van der Waals surface area (Å²) >= 11 is 0. The normalized spacial score (nSPS) is 21.2. The van der Waals surface area contributed by atoms with Gasteiger partial charge in [-0.25, -0.2) is 0 Å². The van der Waals surface area contributed by atoms with Crippen LogP contribution in [0.1, 0.15) is 39.5 Å². The predicted octanol–water partition coefficient (Wildman–Crippen LogP) is 1.90. The summed E-state index contributed by atoms with van der Waals surface area (Å²) in [5.41, 5.74) is 0. The van der Waals surface area contributed by atoms with Gasteiger partial charge in [0.15, 0.2) is 0 Å². The molecule has 1 heterocycles. The Morgan fingerprint density at radius 3 is 2.62 bits per heavy atom. The van der Waals surface area contributed by atoms with Crippen molar-refractivity contribution < 1.29 is 9.84 Å². The molecule has 0 radical (unpaired) electrons. The first-order chi connectivity index (χ1) is 7.76. The Morgan fingerprint density at radius 1 is 1.38 bits per heavy atom. The SMILES string of the molecule is CCCC(C)CN1CCC(OCCO)CC1. The van der Waals surface area contributed by atoms with Gasteiger partial charge in [-0.3, -0.25) is 0 Å². The molecule has 0 saturated carbocycles. The van der Waals surface area contributed by atoms with Gasteiger partial charge in [0.25, 0.3) is 0 Å². The molecule has 1 aliphatic heterocycles. The molecule has 1 N–H and O–H groups in total. The van der Waals surface area contributed by atoms with Crippen molar-refractivity contribution >= 4 is 0 Å². The highest BCUT2D eigenvalue weighted by Gasteiger charge is 2.20. The largest absolute Gasteiger partial charge is 0.394 e. The van der Waals surface area contributed by atoms with Crippen LogP contribution in [-0.2, 0) is 4.74 Å². The number of likely N-dealkylation sites (tertiary alicyclic amines) is 1. The number of nitrogens with zero attached hydrogens (tertiary/aromatic N) is 1. The van der Waals surface area contributed by atoms with Gasteiger partial charge in [0.05, 0.1) is 19.3 Å². The van der Waals surface area contributed by atoms with Crippen LogP contribution in [0.2, 0.25) is 0 Å². The van der Waals surface area contributed by atoms with E-state index in [2.05, 4.69) is 18.7 Å². The Labute approximate surface area is 99.8 Å². The van der Waals surface area contributed by atoms with Crippen molar-refractivity contribution in [3.8, 4) is 0 Å². The third kappa shape index (κ3) is 5.28. The van der Waals surface area contributed by atoms with Gasteiger partial charge < -0.3 is 14.7 Å². The lowest BCUT2D eigenvalue weighted by molar-refractivity contribution is -0.00975. The summed E-state index contributed by atoms with van der Waals surface area (Å²) in [6.45, 7) is 8.79. The molecular formula is C13H27NO2. The average molecular weight is 229 g/mol. The Morgan fingerprint density at radius 2 is 2.06 bits per heavy atom. The Balaban J connectivity index is 2.11. The van der Waals surface area contributed by atoms with Gasteiger partial charge in [0.1, 0.15) is 0 Å². The van der Waals surface area contributed by atoms with Crippen molar-refractivity contribution in [1.82, 2.24) is 4.90 Å². The summed E-state index contributed by atoms with van der Waals surface area (Å²) < 4.78 is 5.56. The van der Waals surface area contributed by atoms with Crippen LogP contribution < -0.4 is 0 Å². The highest BCUT2D eigenvalue weighted by Crippen LogP contribution is 2.16. The molecule has 1 rings (SSSR count). The summed E-state index contributed by atoms with van der Waals surface area (Å²) in [6.07, 6.45) is 5.25. The molecule has 1 aliphatic rings. The maximum Gasteiger partial charge on any atom is 0.0701 e. The third-order valence-electron chi connectivity index (χ3n) is 3.33. The molecule has 0 aliphatic carbocycles. The van der Waals surface area contributed by atoms with Gasteiger partial charge in [-0.05, 0) is 25.2 Å².